The van der Waals surface area contributed by atoms with Gasteiger partial charge in [-0.15, -0.1) is 34.7 Å². The Balaban J connectivity index is 1.71. The standard InChI is InChI=1S/C18H17ClF3N5O6S2/c1-33-26-10(8-5-34-16(23-8)24-9(28)4-19)12(29)25-11-13(30)27-6-17(15(31)32,7-35-14(11)27)2-3-18(20,21)22/h2-3,5,11,14H,4,6-7H2,1H3,(H,25,29)(H,31,32)(H,23,24,28)/t11?,14-,17?/m1/s1. The van der Waals surface area contributed by atoms with E-state index in [4.69, 9.17) is 11.6 Å². The Morgan fingerprint density at radius 2 is 2.17 bits per heavy atom. The van der Waals surface area contributed by atoms with Gasteiger partial charge in [-0.1, -0.05) is 11.2 Å². The lowest BCUT2D eigenvalue weighted by Gasteiger charge is -2.53. The molecule has 2 fully saturated rings. The van der Waals surface area contributed by atoms with Gasteiger partial charge in [-0.25, -0.2) is 4.98 Å². The average Bonchev–Trinajstić information content (AvgIpc) is 3.26. The number of nitrogens with one attached hydrogen (secondary N) is 2. The zero-order valence-corrected chi connectivity index (χ0v) is 20.1. The van der Waals surface area contributed by atoms with Crippen LogP contribution in [0.4, 0.5) is 18.3 Å². The Bertz CT molecular complexity index is 1100. The fourth-order valence-corrected chi connectivity index (χ4v) is 5.54. The fraction of sp³-hybridized carbons (Fsp3) is 0.444. The summed E-state index contributed by atoms with van der Waals surface area (Å²) in [5.41, 5.74) is -2.18. The maximum absolute atomic E-state index is 12.8. The average molecular weight is 556 g/mol. The summed E-state index contributed by atoms with van der Waals surface area (Å²) in [6.45, 7) is -0.480. The number of carboxylic acids is 1. The quantitative estimate of drug-likeness (QED) is 0.143. The van der Waals surface area contributed by atoms with Gasteiger partial charge in [0.25, 0.3) is 5.91 Å². The number of β-lactam (4-membered cyclic amide) rings is 1. The fourth-order valence-electron chi connectivity index (χ4n) is 3.25. The molecule has 1 aromatic rings. The van der Waals surface area contributed by atoms with Gasteiger partial charge in [0.2, 0.25) is 11.8 Å². The van der Waals surface area contributed by atoms with Crippen LogP contribution in [0.5, 0.6) is 0 Å². The van der Waals surface area contributed by atoms with Crippen LogP contribution in [-0.2, 0) is 24.0 Å². The molecular weight excluding hydrogens is 539 g/mol. The van der Waals surface area contributed by atoms with E-state index in [0.29, 0.717) is 6.08 Å². The van der Waals surface area contributed by atoms with E-state index < -0.39 is 53.2 Å². The third kappa shape index (κ3) is 5.87. The van der Waals surface area contributed by atoms with Crippen LogP contribution < -0.4 is 10.6 Å². The van der Waals surface area contributed by atoms with Gasteiger partial charge in [-0.3, -0.25) is 19.2 Å². The Hall–Kier alpha value is -2.85. The second kappa shape index (κ2) is 10.4. The normalized spacial score (nSPS) is 24.5. The number of carbonyl (C=O) groups is 4. The predicted octanol–water partition coefficient (Wildman–Crippen LogP) is 1.26. The predicted molar refractivity (Wildman–Crippen MR) is 120 cm³/mol. The molecule has 0 bridgehead atoms. The summed E-state index contributed by atoms with van der Waals surface area (Å²) in [4.78, 5) is 58.4. The number of halogens is 4. The van der Waals surface area contributed by atoms with Crippen molar-refractivity contribution >= 4 is 69.2 Å². The summed E-state index contributed by atoms with van der Waals surface area (Å²) in [5, 5.41) is 18.9. The zero-order chi connectivity index (χ0) is 26.0. The van der Waals surface area contributed by atoms with Gasteiger partial charge < -0.3 is 25.5 Å². The molecule has 1 aromatic heterocycles. The number of allylic oxidation sites excluding steroid dienone is 1. The van der Waals surface area contributed by atoms with Crippen molar-refractivity contribution in [2.45, 2.75) is 17.6 Å². The molecule has 3 amide bonds. The number of nitrogens with zero attached hydrogens (tertiary/aromatic N) is 3. The highest BCUT2D eigenvalue weighted by atomic mass is 35.5. The summed E-state index contributed by atoms with van der Waals surface area (Å²) < 4.78 is 37.8. The molecule has 3 rings (SSSR count). The van der Waals surface area contributed by atoms with Gasteiger partial charge in [-0.05, 0) is 0 Å². The summed E-state index contributed by atoms with van der Waals surface area (Å²) in [5.74, 6) is -4.06. The molecule has 0 radical (unpaired) electrons. The Kier molecular flexibility index (Phi) is 7.96. The first-order valence-corrected chi connectivity index (χ1v) is 12.0. The first-order chi connectivity index (χ1) is 16.4. The van der Waals surface area contributed by atoms with Crippen LogP contribution in [0, 0.1) is 5.41 Å². The van der Waals surface area contributed by atoms with Gasteiger partial charge in [-0.2, -0.15) is 13.2 Å². The summed E-state index contributed by atoms with van der Waals surface area (Å²) >= 11 is 7.35. The van der Waals surface area contributed by atoms with E-state index >= 15 is 0 Å². The van der Waals surface area contributed by atoms with E-state index in [1.54, 1.807) is 0 Å². The van der Waals surface area contributed by atoms with Crippen LogP contribution >= 0.6 is 34.7 Å². The third-order valence-electron chi connectivity index (χ3n) is 4.92. The molecule has 35 heavy (non-hydrogen) atoms. The number of carboxylic acid groups (broad SMARTS) is 1. The molecule has 3 N–H and O–H groups in total. The number of anilines is 1. The van der Waals surface area contributed by atoms with Gasteiger partial charge in [0.05, 0.1) is 0 Å². The van der Waals surface area contributed by atoms with E-state index in [-0.39, 0.29) is 34.2 Å². The van der Waals surface area contributed by atoms with Crippen LogP contribution in [0.1, 0.15) is 5.69 Å². The summed E-state index contributed by atoms with van der Waals surface area (Å²) in [6.07, 6.45) is -4.32. The number of carbonyl (C=O) groups excluding carboxylic acids is 3. The molecule has 2 aliphatic heterocycles. The van der Waals surface area contributed by atoms with E-state index in [1.165, 1.54) is 12.5 Å². The monoisotopic (exact) mass is 555 g/mol. The van der Waals surface area contributed by atoms with Crippen molar-refractivity contribution in [2.75, 3.05) is 30.6 Å². The number of aliphatic carboxylic acids is 1. The summed E-state index contributed by atoms with van der Waals surface area (Å²) in [7, 11) is 1.18. The Morgan fingerprint density at radius 1 is 1.46 bits per heavy atom. The molecule has 0 saturated carbocycles. The van der Waals surface area contributed by atoms with Gasteiger partial charge in [0, 0.05) is 23.8 Å². The minimum absolute atomic E-state index is 0.0429. The third-order valence-corrected chi connectivity index (χ3v) is 7.47. The number of aromatic nitrogens is 1. The Morgan fingerprint density at radius 3 is 2.77 bits per heavy atom. The molecule has 17 heteroatoms. The zero-order valence-electron chi connectivity index (χ0n) is 17.7. The van der Waals surface area contributed by atoms with Crippen LogP contribution in [0.2, 0.25) is 0 Å². The van der Waals surface area contributed by atoms with E-state index in [2.05, 4.69) is 25.6 Å². The number of rotatable bonds is 8. The van der Waals surface area contributed by atoms with Crippen molar-refractivity contribution in [1.82, 2.24) is 15.2 Å². The van der Waals surface area contributed by atoms with Crippen molar-refractivity contribution in [3.8, 4) is 0 Å². The van der Waals surface area contributed by atoms with Crippen molar-refractivity contribution in [2.24, 2.45) is 10.6 Å². The van der Waals surface area contributed by atoms with Crippen molar-refractivity contribution in [3.63, 3.8) is 0 Å². The molecule has 11 nitrogen and oxygen atoms in total. The number of thioether (sulfide) groups is 1. The molecular formula is C18H17ClF3N5O6S2. The number of hydrogen-bond acceptors (Lipinski definition) is 9. The largest absolute Gasteiger partial charge is 0.481 e. The first-order valence-electron chi connectivity index (χ1n) is 9.57. The number of thiazole rings is 1. The highest BCUT2D eigenvalue weighted by Gasteiger charge is 2.57. The van der Waals surface area contributed by atoms with E-state index in [1.807, 2.05) is 0 Å². The number of amides is 3. The first kappa shape index (κ1) is 26.7. The topological polar surface area (TPSA) is 150 Å². The van der Waals surface area contributed by atoms with E-state index in [9.17, 15) is 37.5 Å². The maximum atomic E-state index is 12.8. The second-order valence-electron chi connectivity index (χ2n) is 7.30. The SMILES string of the molecule is CON=C(C(=O)NC1C(=O)N2CC(C=CC(F)(F)F)(C(=O)O)CS[C@H]12)c1csc(NC(=O)CCl)n1. The smallest absolute Gasteiger partial charge is 0.409 e. The molecule has 2 saturated heterocycles. The molecule has 2 aliphatic rings. The maximum Gasteiger partial charge on any atom is 0.409 e. The van der Waals surface area contributed by atoms with E-state index in [0.717, 1.165) is 28.0 Å². The van der Waals surface area contributed by atoms with Crippen LogP contribution in [-0.4, -0.2) is 87.3 Å². The molecule has 0 aromatic carbocycles. The van der Waals surface area contributed by atoms with Crippen molar-refractivity contribution in [3.05, 3.63) is 23.2 Å². The minimum Gasteiger partial charge on any atom is -0.481 e. The second-order valence-corrected chi connectivity index (χ2v) is 9.53. The van der Waals surface area contributed by atoms with Crippen molar-refractivity contribution < 1.29 is 42.3 Å². The van der Waals surface area contributed by atoms with Gasteiger partial charge in [0.15, 0.2) is 10.8 Å². The summed E-state index contributed by atoms with van der Waals surface area (Å²) in [6, 6.07) is -1.07. The van der Waals surface area contributed by atoms with Gasteiger partial charge >= 0.3 is 12.1 Å². The lowest BCUT2D eigenvalue weighted by atomic mass is 9.86. The number of alkyl halides is 4. The number of fused-ring (bicyclic) bond motifs is 1. The van der Waals surface area contributed by atoms with Crippen LogP contribution in [0.15, 0.2) is 22.7 Å². The minimum atomic E-state index is -4.71. The van der Waals surface area contributed by atoms with Crippen molar-refractivity contribution in [1.29, 1.82) is 0 Å². The molecule has 3 heterocycles. The highest BCUT2D eigenvalue weighted by Crippen LogP contribution is 2.43. The van der Waals surface area contributed by atoms with Crippen LogP contribution in [0.3, 0.4) is 0 Å². The lowest BCUT2D eigenvalue weighted by Crippen LogP contribution is -2.73. The molecule has 190 valence electrons. The molecule has 0 aliphatic carbocycles. The molecule has 0 spiro atoms. The highest BCUT2D eigenvalue weighted by molar-refractivity contribution is 8.00. The Labute approximate surface area is 208 Å². The lowest BCUT2D eigenvalue weighted by molar-refractivity contribution is -0.156. The van der Waals surface area contributed by atoms with Gasteiger partial charge in [0.1, 0.15) is 35.5 Å². The number of hydrogen-bond donors (Lipinski definition) is 3. The molecule has 3 atom stereocenters. The van der Waals surface area contributed by atoms with Crippen LogP contribution in [0.25, 0.3) is 0 Å². The molecule has 2 unspecified atom stereocenters. The number of oxime groups is 1.